The van der Waals surface area contributed by atoms with Crippen LogP contribution in [0.4, 0.5) is 0 Å². The largest absolute Gasteiger partial charge is 0.394 e. The Kier molecular flexibility index (Phi) is 3.20. The molecule has 1 aromatic heterocycles. The Morgan fingerprint density at radius 1 is 1.67 bits per heavy atom. The van der Waals surface area contributed by atoms with E-state index in [0.717, 1.165) is 22.0 Å². The van der Waals surface area contributed by atoms with Gasteiger partial charge in [-0.15, -0.1) is 11.3 Å². The van der Waals surface area contributed by atoms with Crippen molar-refractivity contribution in [3.63, 3.8) is 0 Å². The van der Waals surface area contributed by atoms with E-state index in [1.807, 2.05) is 6.92 Å². The fourth-order valence-corrected chi connectivity index (χ4v) is 2.04. The fraction of sp³-hybridized carbons (Fsp3) is 0.625. The maximum Gasteiger partial charge on any atom is 0.0928 e. The average molecular weight is 186 g/mol. The summed E-state index contributed by atoms with van der Waals surface area (Å²) >= 11 is 1.60. The van der Waals surface area contributed by atoms with Crippen LogP contribution < -0.4 is 5.73 Å². The lowest BCUT2D eigenvalue weighted by atomic mass is 10.2. The van der Waals surface area contributed by atoms with Crippen molar-refractivity contribution in [3.8, 4) is 0 Å². The monoisotopic (exact) mass is 186 g/mol. The first-order chi connectivity index (χ1) is 5.69. The van der Waals surface area contributed by atoms with Gasteiger partial charge in [-0.25, -0.2) is 4.98 Å². The Labute approximate surface area is 76.3 Å². The Bertz CT molecular complexity index is 260. The number of nitrogens with zero attached hydrogens (tertiary/aromatic N) is 1. The van der Waals surface area contributed by atoms with Gasteiger partial charge in [-0.3, -0.25) is 0 Å². The lowest BCUT2D eigenvalue weighted by molar-refractivity contribution is 0.269. The van der Waals surface area contributed by atoms with Gasteiger partial charge in [-0.05, 0) is 13.3 Å². The quantitative estimate of drug-likeness (QED) is 0.740. The second-order valence-corrected chi connectivity index (χ2v) is 3.82. The molecular formula is C8H14N2OS. The molecule has 12 heavy (non-hydrogen) atoms. The summed E-state index contributed by atoms with van der Waals surface area (Å²) in [7, 11) is 0. The number of aryl methyl sites for hydroxylation is 2. The van der Waals surface area contributed by atoms with Crippen molar-refractivity contribution >= 4 is 11.3 Å². The van der Waals surface area contributed by atoms with Crippen LogP contribution in [0.25, 0.3) is 0 Å². The van der Waals surface area contributed by atoms with Crippen molar-refractivity contribution in [3.05, 3.63) is 15.6 Å². The summed E-state index contributed by atoms with van der Waals surface area (Å²) in [5, 5.41) is 9.94. The molecular weight excluding hydrogens is 172 g/mol. The molecule has 0 fully saturated rings. The van der Waals surface area contributed by atoms with Crippen molar-refractivity contribution in [2.24, 2.45) is 5.73 Å². The van der Waals surface area contributed by atoms with Crippen LogP contribution in [0.15, 0.2) is 0 Å². The first-order valence-corrected chi connectivity index (χ1v) is 4.83. The van der Waals surface area contributed by atoms with E-state index in [0.29, 0.717) is 0 Å². The highest BCUT2D eigenvalue weighted by Crippen LogP contribution is 2.23. The normalized spacial score (nSPS) is 13.3. The topological polar surface area (TPSA) is 59.1 Å². The zero-order chi connectivity index (χ0) is 9.14. The zero-order valence-corrected chi connectivity index (χ0v) is 8.19. The Balaban J connectivity index is 2.91. The maximum atomic E-state index is 8.85. The van der Waals surface area contributed by atoms with E-state index in [1.54, 1.807) is 11.3 Å². The Morgan fingerprint density at radius 2 is 2.33 bits per heavy atom. The van der Waals surface area contributed by atoms with Crippen LogP contribution in [0.3, 0.4) is 0 Å². The molecule has 68 valence electrons. The fourth-order valence-electron chi connectivity index (χ4n) is 1.04. The predicted molar refractivity (Wildman–Crippen MR) is 50.2 cm³/mol. The summed E-state index contributed by atoms with van der Waals surface area (Å²) in [4.78, 5) is 5.33. The molecule has 0 radical (unpaired) electrons. The van der Waals surface area contributed by atoms with Crippen LogP contribution in [-0.2, 0) is 6.42 Å². The van der Waals surface area contributed by atoms with E-state index in [-0.39, 0.29) is 12.6 Å². The highest BCUT2D eigenvalue weighted by atomic mass is 32.1. The van der Waals surface area contributed by atoms with Crippen molar-refractivity contribution < 1.29 is 5.11 Å². The summed E-state index contributed by atoms with van der Waals surface area (Å²) in [5.74, 6) is 0. The Morgan fingerprint density at radius 3 is 2.75 bits per heavy atom. The van der Waals surface area contributed by atoms with Crippen LogP contribution >= 0.6 is 11.3 Å². The van der Waals surface area contributed by atoms with E-state index in [2.05, 4.69) is 11.9 Å². The third kappa shape index (κ3) is 1.83. The van der Waals surface area contributed by atoms with Gasteiger partial charge in [0.15, 0.2) is 0 Å². The molecule has 1 atom stereocenters. The van der Waals surface area contributed by atoms with Gasteiger partial charge in [0.2, 0.25) is 0 Å². The second-order valence-electron chi connectivity index (χ2n) is 2.70. The number of aliphatic hydroxyl groups excluding tert-OH is 1. The number of hydrogen-bond donors (Lipinski definition) is 2. The molecule has 0 spiro atoms. The van der Waals surface area contributed by atoms with Crippen LogP contribution in [0.1, 0.15) is 28.5 Å². The van der Waals surface area contributed by atoms with Crippen LogP contribution in [0.2, 0.25) is 0 Å². The summed E-state index contributed by atoms with van der Waals surface area (Å²) < 4.78 is 0. The van der Waals surface area contributed by atoms with E-state index >= 15 is 0 Å². The highest BCUT2D eigenvalue weighted by Gasteiger charge is 2.12. The molecule has 1 unspecified atom stereocenters. The lowest BCUT2D eigenvalue weighted by Gasteiger charge is -2.04. The molecule has 1 rings (SSSR count). The van der Waals surface area contributed by atoms with Gasteiger partial charge in [0.05, 0.1) is 23.4 Å². The zero-order valence-electron chi connectivity index (χ0n) is 7.37. The molecule has 0 amide bonds. The molecule has 0 saturated carbocycles. The summed E-state index contributed by atoms with van der Waals surface area (Å²) in [6.07, 6.45) is 0.934. The summed E-state index contributed by atoms with van der Waals surface area (Å²) in [6, 6.07) is -0.261. The van der Waals surface area contributed by atoms with E-state index in [4.69, 9.17) is 10.8 Å². The van der Waals surface area contributed by atoms with Gasteiger partial charge in [0.1, 0.15) is 0 Å². The van der Waals surface area contributed by atoms with Crippen molar-refractivity contribution in [1.29, 1.82) is 0 Å². The highest BCUT2D eigenvalue weighted by molar-refractivity contribution is 7.11. The van der Waals surface area contributed by atoms with Crippen LogP contribution in [0, 0.1) is 6.92 Å². The minimum absolute atomic E-state index is 0.00775. The van der Waals surface area contributed by atoms with Gasteiger partial charge in [-0.1, -0.05) is 6.92 Å². The molecule has 1 heterocycles. The lowest BCUT2D eigenvalue weighted by Crippen LogP contribution is -2.13. The van der Waals surface area contributed by atoms with Gasteiger partial charge < -0.3 is 10.8 Å². The van der Waals surface area contributed by atoms with Gasteiger partial charge in [0.25, 0.3) is 0 Å². The van der Waals surface area contributed by atoms with Gasteiger partial charge >= 0.3 is 0 Å². The SMILES string of the molecule is CCc1nc(C)c(C(N)CO)s1. The molecule has 3 N–H and O–H groups in total. The van der Waals surface area contributed by atoms with Gasteiger partial charge in [-0.2, -0.15) is 0 Å². The van der Waals surface area contributed by atoms with Crippen molar-refractivity contribution in [2.45, 2.75) is 26.3 Å². The number of hydrogen-bond acceptors (Lipinski definition) is 4. The molecule has 0 aromatic carbocycles. The standard InChI is InChI=1S/C8H14N2OS/c1-3-7-10-5(2)8(12-7)6(9)4-11/h6,11H,3-4,9H2,1-2H3. The summed E-state index contributed by atoms with van der Waals surface area (Å²) in [6.45, 7) is 3.99. The molecule has 1 aromatic rings. The second kappa shape index (κ2) is 3.98. The average Bonchev–Trinajstić information content (AvgIpc) is 2.45. The van der Waals surface area contributed by atoms with Crippen molar-refractivity contribution in [2.75, 3.05) is 6.61 Å². The smallest absolute Gasteiger partial charge is 0.0928 e. The molecule has 0 bridgehead atoms. The molecule has 3 nitrogen and oxygen atoms in total. The van der Waals surface area contributed by atoms with Gasteiger partial charge in [0, 0.05) is 4.88 Å². The molecule has 0 aliphatic heterocycles. The number of aromatic nitrogens is 1. The number of rotatable bonds is 3. The first-order valence-electron chi connectivity index (χ1n) is 4.01. The van der Waals surface area contributed by atoms with E-state index in [1.165, 1.54) is 0 Å². The molecule has 0 saturated heterocycles. The van der Waals surface area contributed by atoms with Crippen LogP contribution in [0.5, 0.6) is 0 Å². The van der Waals surface area contributed by atoms with Crippen LogP contribution in [-0.4, -0.2) is 16.7 Å². The predicted octanol–water partition coefficient (Wildman–Crippen LogP) is 1.01. The third-order valence-corrected chi connectivity index (χ3v) is 3.15. The maximum absolute atomic E-state index is 8.85. The number of aliphatic hydroxyl groups is 1. The number of thiazole rings is 1. The number of nitrogens with two attached hydrogens (primary N) is 1. The van der Waals surface area contributed by atoms with E-state index in [9.17, 15) is 0 Å². The first kappa shape index (κ1) is 9.64. The van der Waals surface area contributed by atoms with E-state index < -0.39 is 0 Å². The minimum atomic E-state index is -0.261. The Hall–Kier alpha value is -0.450. The molecule has 4 heteroatoms. The molecule has 0 aliphatic rings. The molecule has 0 aliphatic carbocycles. The van der Waals surface area contributed by atoms with Crippen molar-refractivity contribution in [1.82, 2.24) is 4.98 Å². The minimum Gasteiger partial charge on any atom is -0.394 e. The third-order valence-electron chi connectivity index (χ3n) is 1.71. The summed E-state index contributed by atoms with van der Waals surface area (Å²) in [5.41, 5.74) is 6.64.